The lowest BCUT2D eigenvalue weighted by Crippen LogP contribution is -2.48. The maximum Gasteiger partial charge on any atom is 0.275 e. The first-order chi connectivity index (χ1) is 10.2. The molecule has 0 radical (unpaired) electrons. The third kappa shape index (κ3) is 3.00. The Morgan fingerprint density at radius 2 is 2.05 bits per heavy atom. The second kappa shape index (κ2) is 6.17. The molecule has 0 bridgehead atoms. The number of sulfonamides is 1. The second-order valence-corrected chi connectivity index (χ2v) is 8.52. The molecule has 0 N–H and O–H groups in total. The molecule has 0 spiro atoms. The van der Waals surface area contributed by atoms with Crippen LogP contribution in [0, 0.1) is 6.92 Å². The van der Waals surface area contributed by atoms with Gasteiger partial charge in [0.2, 0.25) is 10.0 Å². The van der Waals surface area contributed by atoms with Gasteiger partial charge in [0.05, 0.1) is 16.0 Å². The second-order valence-electron chi connectivity index (χ2n) is 5.71. The Balaban J connectivity index is 2.22. The fourth-order valence-electron chi connectivity index (χ4n) is 2.53. The summed E-state index contributed by atoms with van der Waals surface area (Å²) in [4.78, 5) is 14.1. The quantitative estimate of drug-likeness (QED) is 0.812. The monoisotopic (exact) mass is 348 g/mol. The first-order valence-electron chi connectivity index (χ1n) is 7.06. The van der Waals surface area contributed by atoms with Gasteiger partial charge in [-0.05, 0) is 19.8 Å². The van der Waals surface area contributed by atoms with Crippen LogP contribution in [-0.4, -0.2) is 65.7 Å². The van der Waals surface area contributed by atoms with Crippen LogP contribution in [0.4, 0.5) is 0 Å². The summed E-state index contributed by atoms with van der Waals surface area (Å²) >= 11 is 6.15. The van der Waals surface area contributed by atoms with Crippen LogP contribution in [0.3, 0.4) is 0 Å². The van der Waals surface area contributed by atoms with Gasteiger partial charge < -0.3 is 4.90 Å². The van der Waals surface area contributed by atoms with Gasteiger partial charge in [-0.1, -0.05) is 11.6 Å². The van der Waals surface area contributed by atoms with Gasteiger partial charge in [0.15, 0.2) is 5.69 Å². The maximum absolute atomic E-state index is 12.6. The van der Waals surface area contributed by atoms with E-state index < -0.39 is 15.3 Å². The van der Waals surface area contributed by atoms with Crippen molar-refractivity contribution in [2.75, 3.05) is 27.2 Å². The first kappa shape index (κ1) is 17.2. The number of carbonyl (C=O) groups excluding carboxylic acids is 1. The third-order valence-corrected chi connectivity index (χ3v) is 6.76. The topological polar surface area (TPSA) is 75.5 Å². The summed E-state index contributed by atoms with van der Waals surface area (Å²) in [6.45, 7) is 2.47. The highest BCUT2D eigenvalue weighted by Crippen LogP contribution is 2.24. The average molecular weight is 349 g/mol. The lowest BCUT2D eigenvalue weighted by molar-refractivity contribution is 0.0719. The normalized spacial score (nSPS) is 19.7. The van der Waals surface area contributed by atoms with E-state index in [0.717, 1.165) is 0 Å². The molecule has 2 rings (SSSR count). The Morgan fingerprint density at radius 3 is 2.55 bits per heavy atom. The number of rotatable bonds is 3. The molecule has 0 saturated carbocycles. The zero-order valence-electron chi connectivity index (χ0n) is 13.2. The highest BCUT2D eigenvalue weighted by molar-refractivity contribution is 7.89. The van der Waals surface area contributed by atoms with E-state index >= 15 is 0 Å². The number of hydrogen-bond donors (Lipinski definition) is 0. The number of carbonyl (C=O) groups is 1. The number of halogens is 1. The van der Waals surface area contributed by atoms with Crippen molar-refractivity contribution in [1.29, 1.82) is 0 Å². The smallest absolute Gasteiger partial charge is 0.275 e. The number of hydrogen-bond acceptors (Lipinski definition) is 4. The molecule has 1 amide bonds. The van der Waals surface area contributed by atoms with Crippen molar-refractivity contribution in [3.8, 4) is 0 Å². The summed E-state index contributed by atoms with van der Waals surface area (Å²) in [5.41, 5.74) is 0.893. The molecule has 22 heavy (non-hydrogen) atoms. The van der Waals surface area contributed by atoms with Gasteiger partial charge in [-0.25, -0.2) is 12.7 Å². The average Bonchev–Trinajstić information content (AvgIpc) is 2.74. The molecule has 7 nitrogen and oxygen atoms in total. The number of piperidine rings is 1. The van der Waals surface area contributed by atoms with E-state index in [4.69, 9.17) is 11.6 Å². The van der Waals surface area contributed by atoms with Gasteiger partial charge in [-0.2, -0.15) is 5.10 Å². The molecule has 1 aliphatic heterocycles. The number of likely N-dealkylation sites (tertiary alicyclic amines) is 1. The van der Waals surface area contributed by atoms with Crippen LogP contribution < -0.4 is 0 Å². The van der Waals surface area contributed by atoms with Gasteiger partial charge in [0, 0.05) is 34.2 Å². The molecule has 0 aromatic carbocycles. The van der Waals surface area contributed by atoms with Crippen LogP contribution in [0.15, 0.2) is 0 Å². The predicted octanol–water partition coefficient (Wildman–Crippen LogP) is 0.878. The summed E-state index contributed by atoms with van der Waals surface area (Å²) in [5.74, 6) is -0.313. The van der Waals surface area contributed by atoms with E-state index in [1.807, 2.05) is 0 Å². The SMILES string of the molecule is Cc1c(Cl)c(C(=O)N2CCC[C@H](S(=O)(=O)N(C)C)C2)nn1C. The molecule has 1 aromatic heterocycles. The number of amides is 1. The molecular weight excluding hydrogens is 328 g/mol. The minimum absolute atomic E-state index is 0.172. The fraction of sp³-hybridized carbons (Fsp3) is 0.692. The Labute approximate surface area is 135 Å². The molecule has 124 valence electrons. The largest absolute Gasteiger partial charge is 0.336 e. The first-order valence-corrected chi connectivity index (χ1v) is 8.94. The Kier molecular flexibility index (Phi) is 4.84. The lowest BCUT2D eigenvalue weighted by atomic mass is 10.1. The molecule has 0 unspecified atom stereocenters. The zero-order chi connectivity index (χ0) is 16.7. The number of aryl methyl sites for hydroxylation is 1. The zero-order valence-corrected chi connectivity index (χ0v) is 14.8. The van der Waals surface area contributed by atoms with Crippen molar-refractivity contribution in [2.45, 2.75) is 25.0 Å². The van der Waals surface area contributed by atoms with Crippen LogP contribution >= 0.6 is 11.6 Å². The van der Waals surface area contributed by atoms with Crippen molar-refractivity contribution in [3.63, 3.8) is 0 Å². The van der Waals surface area contributed by atoms with E-state index in [-0.39, 0.29) is 18.1 Å². The van der Waals surface area contributed by atoms with Gasteiger partial charge >= 0.3 is 0 Å². The minimum atomic E-state index is -3.38. The summed E-state index contributed by atoms with van der Waals surface area (Å²) in [6, 6.07) is 0. The van der Waals surface area contributed by atoms with Crippen molar-refractivity contribution in [1.82, 2.24) is 19.0 Å². The van der Waals surface area contributed by atoms with Gasteiger partial charge in [0.1, 0.15) is 0 Å². The summed E-state index contributed by atoms with van der Waals surface area (Å²) in [6.07, 6.45) is 1.20. The molecule has 1 atom stereocenters. The van der Waals surface area contributed by atoms with E-state index in [9.17, 15) is 13.2 Å². The highest BCUT2D eigenvalue weighted by atomic mass is 35.5. The van der Waals surface area contributed by atoms with Crippen molar-refractivity contribution in [2.24, 2.45) is 7.05 Å². The van der Waals surface area contributed by atoms with Crippen molar-refractivity contribution >= 4 is 27.5 Å². The summed E-state index contributed by atoms with van der Waals surface area (Å²) < 4.78 is 27.3. The van der Waals surface area contributed by atoms with E-state index in [2.05, 4.69) is 5.10 Å². The van der Waals surface area contributed by atoms with E-state index in [1.165, 1.54) is 23.3 Å². The molecular formula is C13H21ClN4O3S. The van der Waals surface area contributed by atoms with Gasteiger partial charge in [-0.15, -0.1) is 0 Å². The van der Waals surface area contributed by atoms with Crippen LogP contribution in [0.1, 0.15) is 29.0 Å². The Bertz CT molecular complexity index is 684. The molecule has 2 heterocycles. The van der Waals surface area contributed by atoms with Crippen molar-refractivity contribution in [3.05, 3.63) is 16.4 Å². The van der Waals surface area contributed by atoms with Crippen LogP contribution in [0.5, 0.6) is 0 Å². The third-order valence-electron chi connectivity index (χ3n) is 4.06. The molecule has 1 saturated heterocycles. The van der Waals surface area contributed by atoms with E-state index in [0.29, 0.717) is 30.1 Å². The van der Waals surface area contributed by atoms with Crippen LogP contribution in [0.2, 0.25) is 5.02 Å². The molecule has 0 aliphatic carbocycles. The summed E-state index contributed by atoms with van der Waals surface area (Å²) in [7, 11) is 1.35. The molecule has 1 fully saturated rings. The van der Waals surface area contributed by atoms with Gasteiger partial charge in [0.25, 0.3) is 5.91 Å². The highest BCUT2D eigenvalue weighted by Gasteiger charge is 2.35. The van der Waals surface area contributed by atoms with E-state index in [1.54, 1.807) is 18.7 Å². The molecule has 1 aromatic rings. The standard InChI is InChI=1S/C13H21ClN4O3S/c1-9-11(14)12(15-17(9)4)13(19)18-7-5-6-10(8-18)22(20,21)16(2)3/h10H,5-8H2,1-4H3/t10-/m0/s1. The predicted molar refractivity (Wildman–Crippen MR) is 84.5 cm³/mol. The molecule has 9 heteroatoms. The Morgan fingerprint density at radius 1 is 1.41 bits per heavy atom. The Hall–Kier alpha value is -1.12. The fourth-order valence-corrected chi connectivity index (χ4v) is 4.20. The maximum atomic E-state index is 12.6. The molecule has 1 aliphatic rings. The summed E-state index contributed by atoms with van der Waals surface area (Å²) in [5, 5.41) is 3.89. The number of aromatic nitrogens is 2. The van der Waals surface area contributed by atoms with Crippen LogP contribution in [0.25, 0.3) is 0 Å². The number of nitrogens with zero attached hydrogens (tertiary/aromatic N) is 4. The van der Waals surface area contributed by atoms with Crippen molar-refractivity contribution < 1.29 is 13.2 Å². The van der Waals surface area contributed by atoms with Crippen LogP contribution in [-0.2, 0) is 17.1 Å². The van der Waals surface area contributed by atoms with Gasteiger partial charge in [-0.3, -0.25) is 9.48 Å². The minimum Gasteiger partial charge on any atom is -0.336 e. The lowest BCUT2D eigenvalue weighted by Gasteiger charge is -2.33.